The van der Waals surface area contributed by atoms with Gasteiger partial charge in [0.1, 0.15) is 0 Å². The lowest BCUT2D eigenvalue weighted by Crippen LogP contribution is -2.40. The van der Waals surface area contributed by atoms with E-state index in [1.807, 2.05) is 53.3 Å². The second-order valence-electron chi connectivity index (χ2n) is 7.40. The molecule has 28 heavy (non-hydrogen) atoms. The smallest absolute Gasteiger partial charge is 0.243 e. The summed E-state index contributed by atoms with van der Waals surface area (Å²) in [6.07, 6.45) is 10.3. The lowest BCUT2D eigenvalue weighted by Gasteiger charge is -2.33. The lowest BCUT2D eigenvalue weighted by molar-refractivity contribution is -0.116. The molecule has 0 saturated carbocycles. The van der Waals surface area contributed by atoms with Gasteiger partial charge >= 0.3 is 0 Å². The molecule has 4 nitrogen and oxygen atoms in total. The minimum atomic E-state index is -0.0146. The number of amides is 1. The molecule has 1 unspecified atom stereocenters. The fourth-order valence-corrected chi connectivity index (χ4v) is 4.69. The van der Waals surface area contributed by atoms with E-state index in [2.05, 4.69) is 22.1 Å². The minimum absolute atomic E-state index is 0.0146. The van der Waals surface area contributed by atoms with E-state index in [1.165, 1.54) is 23.4 Å². The maximum Gasteiger partial charge on any atom is 0.243 e. The van der Waals surface area contributed by atoms with Crippen LogP contribution >= 0.6 is 11.3 Å². The first-order valence-corrected chi connectivity index (χ1v) is 11.3. The molecule has 1 amide bonds. The summed E-state index contributed by atoms with van der Waals surface area (Å²) in [5.41, 5.74) is 4.36. The van der Waals surface area contributed by atoms with E-state index in [-0.39, 0.29) is 5.91 Å². The van der Waals surface area contributed by atoms with Crippen LogP contribution in [-0.4, -0.2) is 41.5 Å². The Morgan fingerprint density at radius 2 is 2.14 bits per heavy atom. The van der Waals surface area contributed by atoms with Crippen LogP contribution in [-0.2, 0) is 17.6 Å². The molecule has 2 aromatic rings. The Morgan fingerprint density at radius 1 is 1.29 bits per heavy atom. The van der Waals surface area contributed by atoms with Crippen molar-refractivity contribution in [1.29, 1.82) is 0 Å². The molecule has 0 radical (unpaired) electrons. The molecular formula is C23H31N3OS. The zero-order valence-electron chi connectivity index (χ0n) is 16.8. The van der Waals surface area contributed by atoms with Crippen molar-refractivity contribution in [3.8, 4) is 0 Å². The number of fused-ring (bicyclic) bond motifs is 1. The van der Waals surface area contributed by atoms with Gasteiger partial charge in [-0.2, -0.15) is 0 Å². The van der Waals surface area contributed by atoms with Crippen molar-refractivity contribution in [2.24, 2.45) is 0 Å². The van der Waals surface area contributed by atoms with Gasteiger partial charge in [0.15, 0.2) is 0 Å². The average Bonchev–Trinajstić information content (AvgIpc) is 3.20. The maximum atomic E-state index is 11.9. The summed E-state index contributed by atoms with van der Waals surface area (Å²) >= 11 is 1.81. The Balaban J connectivity index is 1.36. The van der Waals surface area contributed by atoms with Crippen molar-refractivity contribution in [2.75, 3.05) is 19.6 Å². The predicted molar refractivity (Wildman–Crippen MR) is 118 cm³/mol. The SMILES string of the molecule is CCCN(CCCCNC(=O)C=Cc1ccccc1)C1CCc2ncsc2C1. The molecule has 0 fully saturated rings. The fraction of sp³-hybridized carbons (Fsp3) is 0.478. The van der Waals surface area contributed by atoms with Gasteiger partial charge in [0.25, 0.3) is 0 Å². The normalized spacial score (nSPS) is 16.4. The molecule has 0 bridgehead atoms. The number of rotatable bonds is 10. The van der Waals surface area contributed by atoms with Crippen molar-refractivity contribution >= 4 is 23.3 Å². The first kappa shape index (κ1) is 20.7. The van der Waals surface area contributed by atoms with Gasteiger partial charge in [0.2, 0.25) is 5.91 Å². The van der Waals surface area contributed by atoms with Crippen LogP contribution < -0.4 is 5.32 Å². The van der Waals surface area contributed by atoms with Crippen LogP contribution in [0, 0.1) is 0 Å². The van der Waals surface area contributed by atoms with Crippen LogP contribution in [0.5, 0.6) is 0 Å². The first-order valence-electron chi connectivity index (χ1n) is 10.4. The highest BCUT2D eigenvalue weighted by Gasteiger charge is 2.25. The quantitative estimate of drug-likeness (QED) is 0.480. The van der Waals surface area contributed by atoms with Crippen LogP contribution in [0.25, 0.3) is 6.08 Å². The molecule has 1 aromatic carbocycles. The van der Waals surface area contributed by atoms with Crippen LogP contribution in [0.1, 0.15) is 48.7 Å². The van der Waals surface area contributed by atoms with E-state index in [9.17, 15) is 4.79 Å². The summed E-state index contributed by atoms with van der Waals surface area (Å²) in [5.74, 6) is -0.0146. The molecule has 0 saturated heterocycles. The van der Waals surface area contributed by atoms with Crippen LogP contribution in [0.4, 0.5) is 0 Å². The van der Waals surface area contributed by atoms with Gasteiger partial charge in [-0.05, 0) is 63.3 Å². The highest BCUT2D eigenvalue weighted by atomic mass is 32.1. The third kappa shape index (κ3) is 6.28. The number of unbranched alkanes of at least 4 members (excludes halogenated alkanes) is 1. The molecule has 1 atom stereocenters. The van der Waals surface area contributed by atoms with Gasteiger partial charge in [-0.15, -0.1) is 11.3 Å². The predicted octanol–water partition coefficient (Wildman–Crippen LogP) is 4.32. The second-order valence-corrected chi connectivity index (χ2v) is 8.34. The van der Waals surface area contributed by atoms with Crippen LogP contribution in [0.3, 0.4) is 0 Å². The van der Waals surface area contributed by atoms with Gasteiger partial charge in [0, 0.05) is 23.5 Å². The van der Waals surface area contributed by atoms with Crippen molar-refractivity contribution < 1.29 is 4.79 Å². The zero-order chi connectivity index (χ0) is 19.6. The molecule has 1 N–H and O–H groups in total. The Hall–Kier alpha value is -1.98. The number of hydrogen-bond donors (Lipinski definition) is 1. The molecule has 1 aromatic heterocycles. The summed E-state index contributed by atoms with van der Waals surface area (Å²) in [6.45, 7) is 5.27. The second kappa shape index (κ2) is 11.1. The fourth-order valence-electron chi connectivity index (χ4n) is 3.81. The highest BCUT2D eigenvalue weighted by molar-refractivity contribution is 7.09. The summed E-state index contributed by atoms with van der Waals surface area (Å²) in [6, 6.07) is 10.6. The number of carbonyl (C=O) groups is 1. The molecule has 150 valence electrons. The number of carbonyl (C=O) groups excluding carboxylic acids is 1. The number of aryl methyl sites for hydroxylation is 1. The number of hydrogen-bond acceptors (Lipinski definition) is 4. The molecular weight excluding hydrogens is 366 g/mol. The van der Waals surface area contributed by atoms with Gasteiger partial charge in [-0.1, -0.05) is 37.3 Å². The number of aromatic nitrogens is 1. The lowest BCUT2D eigenvalue weighted by atomic mass is 9.96. The summed E-state index contributed by atoms with van der Waals surface area (Å²) < 4.78 is 0. The van der Waals surface area contributed by atoms with Crippen molar-refractivity contribution in [3.05, 3.63) is 58.1 Å². The van der Waals surface area contributed by atoms with Gasteiger partial charge in [0.05, 0.1) is 11.2 Å². The standard InChI is InChI=1S/C23H31N3OS/c1-2-15-26(20-11-12-21-22(17-20)28-18-25-21)16-7-6-14-24-23(27)13-10-19-8-4-3-5-9-19/h3-5,8-10,13,18,20H,2,6-7,11-12,14-17H2,1H3,(H,24,27). The average molecular weight is 398 g/mol. The molecule has 1 aliphatic carbocycles. The van der Waals surface area contributed by atoms with E-state index in [1.54, 1.807) is 6.08 Å². The number of benzene rings is 1. The Morgan fingerprint density at radius 3 is 2.96 bits per heavy atom. The maximum absolute atomic E-state index is 11.9. The van der Waals surface area contributed by atoms with Crippen molar-refractivity contribution in [1.82, 2.24) is 15.2 Å². The van der Waals surface area contributed by atoms with E-state index < -0.39 is 0 Å². The topological polar surface area (TPSA) is 45.2 Å². The molecule has 0 aliphatic heterocycles. The largest absolute Gasteiger partial charge is 0.353 e. The summed E-state index contributed by atoms with van der Waals surface area (Å²) in [4.78, 5) is 20.6. The Kier molecular flexibility index (Phi) is 8.24. The number of thiazole rings is 1. The molecule has 0 spiro atoms. The molecule has 1 aliphatic rings. The number of nitrogens with zero attached hydrogens (tertiary/aromatic N) is 2. The monoisotopic (exact) mass is 397 g/mol. The van der Waals surface area contributed by atoms with Gasteiger partial charge < -0.3 is 10.2 Å². The van der Waals surface area contributed by atoms with Crippen LogP contribution in [0.15, 0.2) is 41.9 Å². The zero-order valence-corrected chi connectivity index (χ0v) is 17.6. The van der Waals surface area contributed by atoms with E-state index in [0.29, 0.717) is 6.04 Å². The van der Waals surface area contributed by atoms with E-state index >= 15 is 0 Å². The van der Waals surface area contributed by atoms with Gasteiger partial charge in [-0.25, -0.2) is 4.98 Å². The van der Waals surface area contributed by atoms with Crippen molar-refractivity contribution in [3.63, 3.8) is 0 Å². The minimum Gasteiger partial charge on any atom is -0.353 e. The summed E-state index contributed by atoms with van der Waals surface area (Å²) in [7, 11) is 0. The van der Waals surface area contributed by atoms with Crippen LogP contribution in [0.2, 0.25) is 0 Å². The first-order chi connectivity index (χ1) is 13.8. The van der Waals surface area contributed by atoms with E-state index in [0.717, 1.165) is 50.9 Å². The molecule has 1 heterocycles. The third-order valence-electron chi connectivity index (χ3n) is 5.29. The molecule has 3 rings (SSSR count). The highest BCUT2D eigenvalue weighted by Crippen LogP contribution is 2.27. The Bertz CT molecular complexity index is 756. The third-order valence-corrected chi connectivity index (χ3v) is 6.18. The summed E-state index contributed by atoms with van der Waals surface area (Å²) in [5, 5.41) is 3.00. The Labute approximate surface area is 172 Å². The van der Waals surface area contributed by atoms with E-state index in [4.69, 9.17) is 0 Å². The molecule has 5 heteroatoms. The van der Waals surface area contributed by atoms with Gasteiger partial charge in [-0.3, -0.25) is 4.79 Å². The number of nitrogens with one attached hydrogen (secondary N) is 1. The van der Waals surface area contributed by atoms with Crippen molar-refractivity contribution in [2.45, 2.75) is 51.5 Å².